The largest absolute Gasteiger partial charge is 0.467 e. The summed E-state index contributed by atoms with van der Waals surface area (Å²) in [4.78, 5) is 6.89. The minimum absolute atomic E-state index is 0.0170. The first-order chi connectivity index (χ1) is 15.5. The number of hydrogen-bond donors (Lipinski definition) is 1. The summed E-state index contributed by atoms with van der Waals surface area (Å²) in [5.74, 6) is 0.940. The molecule has 0 unspecified atom stereocenters. The molecule has 0 aliphatic carbocycles. The minimum atomic E-state index is -0.0532. The average molecular weight is 443 g/mol. The Morgan fingerprint density at radius 1 is 1.03 bits per heavy atom. The molecule has 4 heterocycles. The summed E-state index contributed by atoms with van der Waals surface area (Å²) in [5.41, 5.74) is 6.90. The number of nitrogens with one attached hydrogen (secondary N) is 1. The Morgan fingerprint density at radius 2 is 1.84 bits per heavy atom. The number of furan rings is 1. The maximum atomic E-state index is 5.85. The van der Waals surface area contributed by atoms with Crippen molar-refractivity contribution in [2.24, 2.45) is 0 Å². The maximum absolute atomic E-state index is 5.85. The van der Waals surface area contributed by atoms with Crippen molar-refractivity contribution >= 4 is 23.0 Å². The highest BCUT2D eigenvalue weighted by Crippen LogP contribution is 2.43. The second-order valence-electron chi connectivity index (χ2n) is 8.32. The summed E-state index contributed by atoms with van der Waals surface area (Å²) in [6.07, 6.45) is 3.56. The highest BCUT2D eigenvalue weighted by molar-refractivity contribution is 7.80. The number of pyridine rings is 1. The van der Waals surface area contributed by atoms with E-state index in [9.17, 15) is 0 Å². The Balaban J connectivity index is 1.62. The Morgan fingerprint density at radius 3 is 2.53 bits per heavy atom. The van der Waals surface area contributed by atoms with Crippen LogP contribution in [-0.2, 0) is 6.54 Å². The lowest BCUT2D eigenvalue weighted by molar-refractivity contribution is 0.488. The van der Waals surface area contributed by atoms with E-state index in [-0.39, 0.29) is 12.1 Å². The van der Waals surface area contributed by atoms with Gasteiger partial charge in [0.2, 0.25) is 0 Å². The lowest BCUT2D eigenvalue weighted by atomic mass is 9.96. The Labute approximate surface area is 193 Å². The molecule has 162 valence electrons. The summed E-state index contributed by atoms with van der Waals surface area (Å²) in [6, 6.07) is 20.7. The van der Waals surface area contributed by atoms with Crippen LogP contribution < -0.4 is 10.2 Å². The van der Waals surface area contributed by atoms with Crippen molar-refractivity contribution in [1.29, 1.82) is 0 Å². The van der Waals surface area contributed by atoms with Gasteiger partial charge in [-0.15, -0.1) is 0 Å². The van der Waals surface area contributed by atoms with Gasteiger partial charge in [0.05, 0.1) is 30.6 Å². The van der Waals surface area contributed by atoms with Gasteiger partial charge in [0.1, 0.15) is 5.76 Å². The molecule has 2 atom stereocenters. The van der Waals surface area contributed by atoms with Crippen LogP contribution in [0.5, 0.6) is 0 Å². The van der Waals surface area contributed by atoms with E-state index >= 15 is 0 Å². The average Bonchev–Trinajstić information content (AvgIpc) is 3.50. The molecule has 1 N–H and O–H groups in total. The van der Waals surface area contributed by atoms with E-state index in [0.717, 1.165) is 17.1 Å². The first-order valence-corrected chi connectivity index (χ1v) is 11.2. The van der Waals surface area contributed by atoms with Crippen LogP contribution in [0, 0.1) is 20.8 Å². The van der Waals surface area contributed by atoms with Crippen molar-refractivity contribution in [3.05, 3.63) is 107 Å². The Kier molecular flexibility index (Phi) is 5.31. The van der Waals surface area contributed by atoms with Crippen LogP contribution in [0.2, 0.25) is 0 Å². The van der Waals surface area contributed by atoms with E-state index < -0.39 is 0 Å². The highest BCUT2D eigenvalue weighted by Gasteiger charge is 2.42. The predicted octanol–water partition coefficient (Wildman–Crippen LogP) is 5.63. The van der Waals surface area contributed by atoms with Crippen LogP contribution in [0.15, 0.2) is 77.5 Å². The summed E-state index contributed by atoms with van der Waals surface area (Å²) >= 11 is 5.85. The number of thiocarbonyl (C=S) groups is 1. The second-order valence-corrected chi connectivity index (χ2v) is 8.71. The molecule has 3 aromatic heterocycles. The molecule has 1 aromatic carbocycles. The van der Waals surface area contributed by atoms with E-state index in [2.05, 4.69) is 76.9 Å². The van der Waals surface area contributed by atoms with Crippen LogP contribution in [0.25, 0.3) is 0 Å². The van der Waals surface area contributed by atoms with Gasteiger partial charge >= 0.3 is 0 Å². The fourth-order valence-electron chi connectivity index (χ4n) is 4.58. The molecule has 1 fully saturated rings. The van der Waals surface area contributed by atoms with E-state index in [1.165, 1.54) is 22.5 Å². The summed E-state index contributed by atoms with van der Waals surface area (Å²) in [7, 11) is 0. The standard InChI is InChI=1S/C26H26N4OS/c1-17-9-11-20(12-10-17)30-25(24(28-26(30)32)23-8-4-5-13-27-23)22-15-18(2)29(19(22)3)16-21-7-6-14-31-21/h4-15,24-25H,16H2,1-3H3,(H,28,32)/t24-,25+/m0/s1. The quantitative estimate of drug-likeness (QED) is 0.406. The van der Waals surface area contributed by atoms with Crippen molar-refractivity contribution in [1.82, 2.24) is 14.9 Å². The van der Waals surface area contributed by atoms with Crippen molar-refractivity contribution in [2.45, 2.75) is 39.4 Å². The smallest absolute Gasteiger partial charge is 0.174 e. The molecule has 6 heteroatoms. The van der Waals surface area contributed by atoms with E-state index in [1.807, 2.05) is 30.5 Å². The zero-order valence-electron chi connectivity index (χ0n) is 18.4. The van der Waals surface area contributed by atoms with Gasteiger partial charge in [0.15, 0.2) is 5.11 Å². The normalized spacial score (nSPS) is 18.2. The third-order valence-corrected chi connectivity index (χ3v) is 6.55. The molecule has 5 nitrogen and oxygen atoms in total. The monoisotopic (exact) mass is 442 g/mol. The molecule has 1 saturated heterocycles. The molecular formula is C26H26N4OS. The topological polar surface area (TPSA) is 46.2 Å². The van der Waals surface area contributed by atoms with Crippen molar-refractivity contribution in [2.75, 3.05) is 4.90 Å². The number of aryl methyl sites for hydroxylation is 2. The van der Waals surface area contributed by atoms with Gasteiger partial charge in [-0.3, -0.25) is 4.98 Å². The molecule has 0 radical (unpaired) electrons. The number of rotatable bonds is 5. The summed E-state index contributed by atoms with van der Waals surface area (Å²) in [6.45, 7) is 7.12. The number of anilines is 1. The zero-order chi connectivity index (χ0) is 22.2. The fourth-order valence-corrected chi connectivity index (χ4v) is 4.93. The first kappa shape index (κ1) is 20.5. The molecule has 4 aromatic rings. The van der Waals surface area contributed by atoms with Crippen LogP contribution in [0.1, 0.15) is 46.1 Å². The molecule has 0 saturated carbocycles. The molecule has 1 aliphatic heterocycles. The van der Waals surface area contributed by atoms with Gasteiger partial charge in [-0.05, 0) is 81.0 Å². The predicted molar refractivity (Wildman–Crippen MR) is 131 cm³/mol. The molecular weight excluding hydrogens is 416 g/mol. The Hall–Kier alpha value is -3.38. The van der Waals surface area contributed by atoms with Crippen molar-refractivity contribution in [3.63, 3.8) is 0 Å². The minimum Gasteiger partial charge on any atom is -0.467 e. The fraction of sp³-hybridized carbons (Fsp3) is 0.231. The Bertz CT molecular complexity index is 1230. The lowest BCUT2D eigenvalue weighted by Gasteiger charge is -2.28. The number of benzene rings is 1. The van der Waals surface area contributed by atoms with Gasteiger partial charge in [-0.1, -0.05) is 23.8 Å². The van der Waals surface area contributed by atoms with Gasteiger partial charge < -0.3 is 19.2 Å². The van der Waals surface area contributed by atoms with Crippen LogP contribution in [-0.4, -0.2) is 14.7 Å². The van der Waals surface area contributed by atoms with Crippen LogP contribution in [0.3, 0.4) is 0 Å². The van der Waals surface area contributed by atoms with Gasteiger partial charge in [-0.2, -0.15) is 0 Å². The number of aromatic nitrogens is 2. The van der Waals surface area contributed by atoms with Crippen molar-refractivity contribution < 1.29 is 4.42 Å². The summed E-state index contributed by atoms with van der Waals surface area (Å²) < 4.78 is 7.92. The lowest BCUT2D eigenvalue weighted by Crippen LogP contribution is -2.29. The first-order valence-electron chi connectivity index (χ1n) is 10.8. The molecule has 5 rings (SSSR count). The molecule has 1 aliphatic rings. The number of nitrogens with zero attached hydrogens (tertiary/aromatic N) is 3. The molecule has 0 spiro atoms. The van der Waals surface area contributed by atoms with Gasteiger partial charge in [0.25, 0.3) is 0 Å². The second kappa shape index (κ2) is 8.28. The number of hydrogen-bond acceptors (Lipinski definition) is 3. The van der Waals surface area contributed by atoms with Crippen LogP contribution >= 0.6 is 12.2 Å². The third-order valence-electron chi connectivity index (χ3n) is 6.24. The van der Waals surface area contributed by atoms with Gasteiger partial charge in [0, 0.05) is 23.3 Å². The van der Waals surface area contributed by atoms with E-state index in [1.54, 1.807) is 6.26 Å². The third kappa shape index (κ3) is 3.60. The molecule has 0 amide bonds. The van der Waals surface area contributed by atoms with E-state index in [0.29, 0.717) is 11.7 Å². The SMILES string of the molecule is Cc1ccc(N2C(=S)N[C@@H](c3ccccn3)[C@H]2c2cc(C)n(Cc3ccco3)c2C)cc1. The molecule has 32 heavy (non-hydrogen) atoms. The highest BCUT2D eigenvalue weighted by atomic mass is 32.1. The van der Waals surface area contributed by atoms with Gasteiger partial charge in [-0.25, -0.2) is 0 Å². The zero-order valence-corrected chi connectivity index (χ0v) is 19.3. The van der Waals surface area contributed by atoms with Crippen LogP contribution in [0.4, 0.5) is 5.69 Å². The maximum Gasteiger partial charge on any atom is 0.174 e. The molecule has 0 bridgehead atoms. The van der Waals surface area contributed by atoms with Crippen molar-refractivity contribution in [3.8, 4) is 0 Å². The van der Waals surface area contributed by atoms with E-state index in [4.69, 9.17) is 16.6 Å². The summed E-state index contributed by atoms with van der Waals surface area (Å²) in [5, 5.41) is 4.26.